The van der Waals surface area contributed by atoms with Crippen LogP contribution in [0.15, 0.2) is 24.3 Å². The van der Waals surface area contributed by atoms with Gasteiger partial charge in [0.2, 0.25) is 5.91 Å². The first-order valence-electron chi connectivity index (χ1n) is 8.05. The maximum atomic E-state index is 12.8. The maximum absolute atomic E-state index is 12.8. The number of nitrogens with one attached hydrogen (secondary N) is 2. The molecule has 1 aromatic carbocycles. The number of carbonyl (C=O) groups excluding carboxylic acids is 1. The van der Waals surface area contributed by atoms with E-state index in [1.54, 1.807) is 12.1 Å². The molecule has 0 spiro atoms. The Morgan fingerprint density at radius 1 is 1.27 bits per heavy atom. The summed E-state index contributed by atoms with van der Waals surface area (Å²) in [5.74, 6) is 0.570. The predicted molar refractivity (Wildman–Crippen MR) is 86.0 cm³/mol. The van der Waals surface area contributed by atoms with Crippen LogP contribution in [0.4, 0.5) is 4.39 Å². The van der Waals surface area contributed by atoms with Crippen LogP contribution in [0.3, 0.4) is 0 Å². The van der Waals surface area contributed by atoms with E-state index < -0.39 is 0 Å². The molecule has 0 aromatic heterocycles. The summed E-state index contributed by atoms with van der Waals surface area (Å²) in [5, 5.41) is 6.09. The molecule has 1 heterocycles. The van der Waals surface area contributed by atoms with E-state index in [0.29, 0.717) is 13.1 Å². The number of piperidine rings is 1. The van der Waals surface area contributed by atoms with Gasteiger partial charge in [-0.3, -0.25) is 9.69 Å². The molecule has 1 aliphatic heterocycles. The first kappa shape index (κ1) is 16.9. The normalized spacial score (nSPS) is 16.6. The molecule has 0 atom stereocenters. The predicted octanol–water partition coefficient (Wildman–Crippen LogP) is 1.76. The van der Waals surface area contributed by atoms with Gasteiger partial charge in [0, 0.05) is 6.54 Å². The Morgan fingerprint density at radius 2 is 1.95 bits per heavy atom. The first-order chi connectivity index (χ1) is 10.7. The molecule has 0 saturated carbocycles. The van der Waals surface area contributed by atoms with E-state index in [1.807, 2.05) is 7.05 Å². The highest BCUT2D eigenvalue weighted by Crippen LogP contribution is 2.19. The van der Waals surface area contributed by atoms with Gasteiger partial charge >= 0.3 is 0 Å². The van der Waals surface area contributed by atoms with Gasteiger partial charge in [0.25, 0.3) is 0 Å². The second kappa shape index (κ2) is 8.86. The van der Waals surface area contributed by atoms with E-state index in [0.717, 1.165) is 31.1 Å². The highest BCUT2D eigenvalue weighted by molar-refractivity contribution is 5.78. The average molecular weight is 307 g/mol. The second-order valence-corrected chi connectivity index (χ2v) is 6.01. The van der Waals surface area contributed by atoms with Gasteiger partial charge in [0.05, 0.1) is 6.54 Å². The molecule has 1 aromatic rings. The summed E-state index contributed by atoms with van der Waals surface area (Å²) in [6, 6.07) is 6.22. The van der Waals surface area contributed by atoms with E-state index in [4.69, 9.17) is 0 Å². The number of hydrogen-bond acceptors (Lipinski definition) is 3. The molecule has 0 radical (unpaired) electrons. The molecular weight excluding hydrogens is 281 g/mol. The number of amides is 1. The van der Waals surface area contributed by atoms with Crippen LogP contribution < -0.4 is 10.6 Å². The van der Waals surface area contributed by atoms with Crippen molar-refractivity contribution in [1.82, 2.24) is 15.5 Å². The van der Waals surface area contributed by atoms with Crippen molar-refractivity contribution in [2.75, 3.05) is 33.2 Å². The lowest BCUT2D eigenvalue weighted by Gasteiger charge is -2.31. The highest BCUT2D eigenvalue weighted by Gasteiger charge is 2.20. The third-order valence-corrected chi connectivity index (χ3v) is 4.28. The largest absolute Gasteiger partial charge is 0.351 e. The number of likely N-dealkylation sites (tertiary alicyclic amines) is 1. The second-order valence-electron chi connectivity index (χ2n) is 6.01. The Balaban J connectivity index is 1.64. The average Bonchev–Trinajstić information content (AvgIpc) is 2.54. The van der Waals surface area contributed by atoms with Gasteiger partial charge in [-0.2, -0.15) is 0 Å². The monoisotopic (exact) mass is 307 g/mol. The van der Waals surface area contributed by atoms with Crippen molar-refractivity contribution < 1.29 is 9.18 Å². The fourth-order valence-electron chi connectivity index (χ4n) is 2.84. The number of nitrogens with zero attached hydrogens (tertiary/aromatic N) is 1. The molecule has 122 valence electrons. The molecule has 1 aliphatic rings. The fraction of sp³-hybridized carbons (Fsp3) is 0.588. The van der Waals surface area contributed by atoms with Crippen molar-refractivity contribution in [3.8, 4) is 0 Å². The molecule has 4 nitrogen and oxygen atoms in total. The van der Waals surface area contributed by atoms with Crippen molar-refractivity contribution in [1.29, 1.82) is 0 Å². The molecule has 0 unspecified atom stereocenters. The first-order valence-corrected chi connectivity index (χ1v) is 8.05. The van der Waals surface area contributed by atoms with Crippen molar-refractivity contribution in [2.24, 2.45) is 5.92 Å². The highest BCUT2D eigenvalue weighted by atomic mass is 19.1. The number of rotatable bonds is 7. The minimum atomic E-state index is -0.253. The summed E-state index contributed by atoms with van der Waals surface area (Å²) in [6.45, 7) is 3.98. The van der Waals surface area contributed by atoms with Gasteiger partial charge in [-0.05, 0) is 69.6 Å². The Morgan fingerprint density at radius 3 is 2.59 bits per heavy atom. The number of benzene rings is 1. The molecule has 0 aliphatic carbocycles. The molecule has 5 heteroatoms. The molecule has 0 bridgehead atoms. The van der Waals surface area contributed by atoms with Crippen LogP contribution in [-0.2, 0) is 11.3 Å². The molecular formula is C17H26FN3O. The van der Waals surface area contributed by atoms with Gasteiger partial charge in [0.1, 0.15) is 5.82 Å². The van der Waals surface area contributed by atoms with Crippen LogP contribution in [0.1, 0.15) is 24.8 Å². The third-order valence-electron chi connectivity index (χ3n) is 4.28. The van der Waals surface area contributed by atoms with Crippen LogP contribution >= 0.6 is 0 Å². The van der Waals surface area contributed by atoms with E-state index in [2.05, 4.69) is 15.5 Å². The summed E-state index contributed by atoms with van der Waals surface area (Å²) in [5.41, 5.74) is 0.917. The van der Waals surface area contributed by atoms with Crippen molar-refractivity contribution >= 4 is 5.91 Å². The molecule has 1 amide bonds. The van der Waals surface area contributed by atoms with Gasteiger partial charge < -0.3 is 10.6 Å². The van der Waals surface area contributed by atoms with E-state index in [9.17, 15) is 9.18 Å². The lowest BCUT2D eigenvalue weighted by Crippen LogP contribution is -2.41. The van der Waals surface area contributed by atoms with Crippen LogP contribution in [-0.4, -0.2) is 44.0 Å². The summed E-state index contributed by atoms with van der Waals surface area (Å²) in [4.78, 5) is 14.2. The molecule has 2 N–H and O–H groups in total. The summed E-state index contributed by atoms with van der Waals surface area (Å²) in [6.07, 6.45) is 3.57. The minimum Gasteiger partial charge on any atom is -0.351 e. The Kier molecular flexibility index (Phi) is 6.80. The van der Waals surface area contributed by atoms with Crippen LogP contribution in [0.2, 0.25) is 0 Å². The molecule has 22 heavy (non-hydrogen) atoms. The topological polar surface area (TPSA) is 44.4 Å². The smallest absolute Gasteiger partial charge is 0.234 e. The quantitative estimate of drug-likeness (QED) is 0.807. The zero-order valence-corrected chi connectivity index (χ0v) is 13.3. The van der Waals surface area contributed by atoms with Crippen molar-refractivity contribution in [2.45, 2.75) is 25.8 Å². The van der Waals surface area contributed by atoms with Gasteiger partial charge in [-0.15, -0.1) is 0 Å². The zero-order chi connectivity index (χ0) is 15.8. The number of halogens is 1. The van der Waals surface area contributed by atoms with E-state index >= 15 is 0 Å². The van der Waals surface area contributed by atoms with Crippen LogP contribution in [0.25, 0.3) is 0 Å². The Labute approximate surface area is 132 Å². The van der Waals surface area contributed by atoms with Crippen molar-refractivity contribution in [3.05, 3.63) is 35.6 Å². The lowest BCUT2D eigenvalue weighted by atomic mass is 9.93. The van der Waals surface area contributed by atoms with Crippen molar-refractivity contribution in [3.63, 3.8) is 0 Å². The Hall–Kier alpha value is -1.46. The van der Waals surface area contributed by atoms with Gasteiger partial charge in [0.15, 0.2) is 0 Å². The lowest BCUT2D eigenvalue weighted by molar-refractivity contribution is -0.122. The van der Waals surface area contributed by atoms with Crippen LogP contribution in [0.5, 0.6) is 0 Å². The van der Waals surface area contributed by atoms with E-state index in [1.165, 1.54) is 31.4 Å². The molecule has 1 saturated heterocycles. The van der Waals surface area contributed by atoms with Gasteiger partial charge in [-0.1, -0.05) is 12.1 Å². The maximum Gasteiger partial charge on any atom is 0.234 e. The SMILES string of the molecule is CNCCC1CCN(CC(=O)NCc2ccc(F)cc2)CC1. The fourth-order valence-corrected chi connectivity index (χ4v) is 2.84. The zero-order valence-electron chi connectivity index (χ0n) is 13.3. The number of hydrogen-bond donors (Lipinski definition) is 2. The minimum absolute atomic E-state index is 0.0398. The molecule has 2 rings (SSSR count). The van der Waals surface area contributed by atoms with Crippen LogP contribution in [0, 0.1) is 11.7 Å². The summed E-state index contributed by atoms with van der Waals surface area (Å²) >= 11 is 0. The Bertz CT molecular complexity index is 455. The summed E-state index contributed by atoms with van der Waals surface area (Å²) in [7, 11) is 1.99. The van der Waals surface area contributed by atoms with Gasteiger partial charge in [-0.25, -0.2) is 4.39 Å². The standard InChI is InChI=1S/C17H26FN3O/c1-19-9-6-14-7-10-21(11-8-14)13-17(22)20-12-15-2-4-16(18)5-3-15/h2-5,14,19H,6-13H2,1H3,(H,20,22). The number of carbonyl (C=O) groups is 1. The summed E-state index contributed by atoms with van der Waals surface area (Å²) < 4.78 is 12.8. The molecule has 1 fully saturated rings. The van der Waals surface area contributed by atoms with E-state index in [-0.39, 0.29) is 11.7 Å². The third kappa shape index (κ3) is 5.73.